The first kappa shape index (κ1) is 16.2. The van der Waals surface area contributed by atoms with Crippen LogP contribution in [0.2, 0.25) is 0 Å². The predicted molar refractivity (Wildman–Crippen MR) is 77.1 cm³/mol. The van der Waals surface area contributed by atoms with Crippen LogP contribution in [0.25, 0.3) is 0 Å². The summed E-state index contributed by atoms with van der Waals surface area (Å²) in [5, 5.41) is 12.2. The van der Waals surface area contributed by atoms with Crippen LogP contribution in [0, 0.1) is 12.3 Å². The third kappa shape index (κ3) is 5.03. The van der Waals surface area contributed by atoms with Crippen LogP contribution in [0.15, 0.2) is 6.07 Å². The Morgan fingerprint density at radius 1 is 1.45 bits per heavy atom. The van der Waals surface area contributed by atoms with Gasteiger partial charge in [0.15, 0.2) is 0 Å². The number of hydrogen-bond donors (Lipinski definition) is 2. The van der Waals surface area contributed by atoms with Crippen LogP contribution in [-0.4, -0.2) is 33.7 Å². The van der Waals surface area contributed by atoms with E-state index in [0.29, 0.717) is 24.1 Å². The maximum atomic E-state index is 11.0. The number of carboxylic acids is 1. The molecule has 0 aliphatic heterocycles. The highest BCUT2D eigenvalue weighted by Gasteiger charge is 2.27. The van der Waals surface area contributed by atoms with Crippen molar-refractivity contribution in [2.24, 2.45) is 5.41 Å². The molecule has 0 amide bonds. The zero-order valence-electron chi connectivity index (χ0n) is 12.7. The summed E-state index contributed by atoms with van der Waals surface area (Å²) in [6.45, 7) is 10.2. The van der Waals surface area contributed by atoms with E-state index in [4.69, 9.17) is 9.84 Å². The van der Waals surface area contributed by atoms with Gasteiger partial charge in [0.05, 0.1) is 13.0 Å². The second kappa shape index (κ2) is 6.54. The molecule has 0 aromatic carbocycles. The van der Waals surface area contributed by atoms with Gasteiger partial charge in [-0.15, -0.1) is 0 Å². The van der Waals surface area contributed by atoms with Crippen molar-refractivity contribution in [3.05, 3.63) is 11.9 Å². The molecule has 0 aliphatic carbocycles. The van der Waals surface area contributed by atoms with Gasteiger partial charge in [-0.1, -0.05) is 20.8 Å². The van der Waals surface area contributed by atoms with Crippen molar-refractivity contribution >= 4 is 11.8 Å². The number of carboxylic acid groups (broad SMARTS) is 1. The van der Waals surface area contributed by atoms with E-state index in [2.05, 4.69) is 15.3 Å². The molecule has 20 heavy (non-hydrogen) atoms. The molecule has 0 aliphatic rings. The lowest BCUT2D eigenvalue weighted by atomic mass is 9.85. The fraction of sp³-hybridized carbons (Fsp3) is 0.643. The van der Waals surface area contributed by atoms with Gasteiger partial charge in [-0.05, 0) is 19.3 Å². The number of carbonyl (C=O) groups is 1. The fourth-order valence-corrected chi connectivity index (χ4v) is 1.76. The number of ether oxygens (including phenoxy) is 1. The maximum Gasteiger partial charge on any atom is 0.305 e. The first-order valence-electron chi connectivity index (χ1n) is 6.69. The van der Waals surface area contributed by atoms with E-state index >= 15 is 0 Å². The standard InChI is InChI=1S/C14H23N3O3/c1-6-20-12-8-11(15-9(2)16-12)17-10(7-13(18)19)14(3,4)5/h8,10H,6-7H2,1-5H3,(H,18,19)(H,15,16,17). The highest BCUT2D eigenvalue weighted by atomic mass is 16.5. The number of hydrogen-bond acceptors (Lipinski definition) is 5. The van der Waals surface area contributed by atoms with Gasteiger partial charge in [-0.3, -0.25) is 4.79 Å². The SMILES string of the molecule is CCOc1cc(NC(CC(=O)O)C(C)(C)C)nc(C)n1. The van der Waals surface area contributed by atoms with E-state index in [-0.39, 0.29) is 17.9 Å². The van der Waals surface area contributed by atoms with Crippen LogP contribution in [0.3, 0.4) is 0 Å². The van der Waals surface area contributed by atoms with E-state index in [1.54, 1.807) is 13.0 Å². The molecule has 0 bridgehead atoms. The molecular weight excluding hydrogens is 258 g/mol. The van der Waals surface area contributed by atoms with Crippen LogP contribution in [0.1, 0.15) is 39.9 Å². The first-order chi connectivity index (χ1) is 9.22. The van der Waals surface area contributed by atoms with Crippen LogP contribution in [-0.2, 0) is 4.79 Å². The zero-order chi connectivity index (χ0) is 15.3. The molecule has 6 heteroatoms. The van der Waals surface area contributed by atoms with Crippen LogP contribution < -0.4 is 10.1 Å². The summed E-state index contributed by atoms with van der Waals surface area (Å²) < 4.78 is 5.37. The Hall–Kier alpha value is -1.85. The Morgan fingerprint density at radius 2 is 2.10 bits per heavy atom. The number of anilines is 1. The normalized spacial score (nSPS) is 12.8. The quantitative estimate of drug-likeness (QED) is 0.833. The van der Waals surface area contributed by atoms with Gasteiger partial charge in [0, 0.05) is 12.1 Å². The number of rotatable bonds is 6. The molecule has 2 N–H and O–H groups in total. The van der Waals surface area contributed by atoms with Crippen molar-refractivity contribution in [3.8, 4) is 5.88 Å². The summed E-state index contributed by atoms with van der Waals surface area (Å²) >= 11 is 0. The Labute approximate surface area is 119 Å². The number of aryl methyl sites for hydroxylation is 1. The Balaban J connectivity index is 2.95. The molecule has 0 fully saturated rings. The minimum Gasteiger partial charge on any atom is -0.481 e. The molecule has 1 aromatic rings. The topological polar surface area (TPSA) is 84.3 Å². The smallest absolute Gasteiger partial charge is 0.305 e. The van der Waals surface area contributed by atoms with Gasteiger partial charge in [0.1, 0.15) is 11.6 Å². The maximum absolute atomic E-state index is 11.0. The molecular formula is C14H23N3O3. The van der Waals surface area contributed by atoms with Crippen molar-refractivity contribution in [2.75, 3.05) is 11.9 Å². The Bertz CT molecular complexity index is 469. The van der Waals surface area contributed by atoms with E-state index < -0.39 is 5.97 Å². The molecule has 112 valence electrons. The van der Waals surface area contributed by atoms with Gasteiger partial charge in [0.2, 0.25) is 5.88 Å². The van der Waals surface area contributed by atoms with E-state index in [1.807, 2.05) is 27.7 Å². The van der Waals surface area contributed by atoms with Crippen molar-refractivity contribution in [2.45, 2.75) is 47.1 Å². The highest BCUT2D eigenvalue weighted by Crippen LogP contribution is 2.26. The zero-order valence-corrected chi connectivity index (χ0v) is 12.7. The van der Waals surface area contributed by atoms with E-state index in [0.717, 1.165) is 0 Å². The third-order valence-electron chi connectivity index (χ3n) is 2.85. The lowest BCUT2D eigenvalue weighted by Crippen LogP contribution is -2.36. The third-order valence-corrected chi connectivity index (χ3v) is 2.85. The lowest BCUT2D eigenvalue weighted by molar-refractivity contribution is -0.137. The Kier molecular flexibility index (Phi) is 5.30. The van der Waals surface area contributed by atoms with Gasteiger partial charge < -0.3 is 15.2 Å². The van der Waals surface area contributed by atoms with Gasteiger partial charge >= 0.3 is 5.97 Å². The molecule has 0 radical (unpaired) electrons. The largest absolute Gasteiger partial charge is 0.481 e. The monoisotopic (exact) mass is 281 g/mol. The van der Waals surface area contributed by atoms with E-state index in [9.17, 15) is 4.79 Å². The average Bonchev–Trinajstić information content (AvgIpc) is 2.25. The molecule has 6 nitrogen and oxygen atoms in total. The molecule has 1 atom stereocenters. The lowest BCUT2D eigenvalue weighted by Gasteiger charge is -2.30. The summed E-state index contributed by atoms with van der Waals surface area (Å²) in [6, 6.07) is 1.46. The summed E-state index contributed by atoms with van der Waals surface area (Å²) in [4.78, 5) is 19.4. The van der Waals surface area contributed by atoms with Crippen molar-refractivity contribution < 1.29 is 14.6 Å². The molecule has 1 heterocycles. The minimum atomic E-state index is -0.840. The number of aromatic nitrogens is 2. The number of nitrogens with one attached hydrogen (secondary N) is 1. The minimum absolute atomic E-state index is 0.0243. The van der Waals surface area contributed by atoms with Crippen LogP contribution in [0.4, 0.5) is 5.82 Å². The Morgan fingerprint density at radius 3 is 2.60 bits per heavy atom. The van der Waals surface area contributed by atoms with Crippen LogP contribution >= 0.6 is 0 Å². The predicted octanol–water partition coefficient (Wildman–Crippen LogP) is 2.49. The number of aliphatic carboxylic acids is 1. The second-order valence-corrected chi connectivity index (χ2v) is 5.73. The summed E-state index contributed by atoms with van der Waals surface area (Å²) in [6.07, 6.45) is 0.0243. The molecule has 1 unspecified atom stereocenters. The van der Waals surface area contributed by atoms with Gasteiger partial charge in [0.25, 0.3) is 0 Å². The summed E-state index contributed by atoms with van der Waals surface area (Å²) in [5.41, 5.74) is -0.205. The second-order valence-electron chi connectivity index (χ2n) is 5.73. The summed E-state index contributed by atoms with van der Waals surface area (Å²) in [7, 11) is 0. The summed E-state index contributed by atoms with van der Waals surface area (Å²) in [5.74, 6) is 0.822. The highest BCUT2D eigenvalue weighted by molar-refractivity contribution is 5.68. The van der Waals surface area contributed by atoms with Gasteiger partial charge in [-0.25, -0.2) is 4.98 Å². The number of nitrogens with zero attached hydrogens (tertiary/aromatic N) is 2. The molecule has 1 aromatic heterocycles. The van der Waals surface area contributed by atoms with E-state index in [1.165, 1.54) is 0 Å². The molecule has 0 spiro atoms. The van der Waals surface area contributed by atoms with Crippen molar-refractivity contribution in [1.29, 1.82) is 0 Å². The van der Waals surface area contributed by atoms with Crippen molar-refractivity contribution in [3.63, 3.8) is 0 Å². The fourth-order valence-electron chi connectivity index (χ4n) is 1.76. The van der Waals surface area contributed by atoms with Crippen molar-refractivity contribution in [1.82, 2.24) is 9.97 Å². The average molecular weight is 281 g/mol. The van der Waals surface area contributed by atoms with Crippen LogP contribution in [0.5, 0.6) is 5.88 Å². The van der Waals surface area contributed by atoms with Gasteiger partial charge in [-0.2, -0.15) is 4.98 Å². The molecule has 1 rings (SSSR count). The molecule has 0 saturated heterocycles. The first-order valence-corrected chi connectivity index (χ1v) is 6.69. The molecule has 0 saturated carbocycles.